The fourth-order valence-electron chi connectivity index (χ4n) is 14.6. The van der Waals surface area contributed by atoms with E-state index in [1.807, 2.05) is 32.9 Å². The minimum Gasteiger partial charge on any atom is -0.171 e. The predicted molar refractivity (Wildman–Crippen MR) is 498 cm³/mol. The van der Waals surface area contributed by atoms with Crippen LogP contribution >= 0.6 is 0 Å². The number of rotatable bonds is 13. The molecule has 0 amide bonds. The highest BCUT2D eigenvalue weighted by molar-refractivity contribution is 5.46. The second kappa shape index (κ2) is 45.2. The maximum atomic E-state index is 12.8. The van der Waals surface area contributed by atoms with Gasteiger partial charge in [-0.15, -0.1) is 0 Å². The van der Waals surface area contributed by atoms with Gasteiger partial charge in [-0.2, -0.15) is 13.2 Å². The number of hydrogen-bond donors (Lipinski definition) is 0. The Balaban J connectivity index is 0.000000641. The lowest BCUT2D eigenvalue weighted by Crippen LogP contribution is -2.34. The Morgan fingerprint density at radius 2 is 0.500 bits per heavy atom. The van der Waals surface area contributed by atoms with Gasteiger partial charge in [0.1, 0.15) is 0 Å². The number of alkyl halides is 3. The lowest BCUT2D eigenvalue weighted by atomic mass is 9.83. The maximum absolute atomic E-state index is 12.8. The highest BCUT2D eigenvalue weighted by atomic mass is 19.4. The van der Waals surface area contributed by atoms with E-state index in [4.69, 9.17) is 0 Å². The van der Waals surface area contributed by atoms with E-state index in [1.54, 1.807) is 0 Å². The lowest BCUT2D eigenvalue weighted by Gasteiger charge is -2.28. The molecule has 0 aliphatic heterocycles. The second-order valence-corrected chi connectivity index (χ2v) is 39.4. The molecule has 0 saturated carbocycles. The highest BCUT2D eigenvalue weighted by Crippen LogP contribution is 2.41. The van der Waals surface area contributed by atoms with Gasteiger partial charge >= 0.3 is 6.18 Å². The van der Waals surface area contributed by atoms with E-state index in [0.29, 0.717) is 52.8 Å². The summed E-state index contributed by atoms with van der Waals surface area (Å²) in [5, 5.41) is 0. The molecule has 0 aliphatic rings. The number of hydrogen-bond acceptors (Lipinski definition) is 0. The molecule has 8 rings (SSSR count). The SMILES string of the molecule is Cc1c(C(C)C)cc(C(C)C)cc1C(C)C.Cc1c(C(C)C)cccc1C(C)C.Cc1cc(C(C)(C)C)cc(C)c1C.Cc1cc(C(C)C)c(C)c(C(C)C)c1.Cc1cc(C(C)C)cc(C)c1C.Cc1cc(CC(C)(C)C(F)(F)F)cc(C)c1C.Cc1cc(CC(C)(C)C)cc(C)c1C.Cc1cc(CC(C)C)cc(C)c1C. The summed E-state index contributed by atoms with van der Waals surface area (Å²) >= 11 is 0. The van der Waals surface area contributed by atoms with Crippen LogP contribution in [0.3, 0.4) is 0 Å². The molecule has 0 saturated heterocycles. The lowest BCUT2D eigenvalue weighted by molar-refractivity contribution is -0.211. The largest absolute Gasteiger partial charge is 0.394 e. The summed E-state index contributed by atoms with van der Waals surface area (Å²) in [4.78, 5) is 0. The quantitative estimate of drug-likeness (QED) is 0.108. The molecular formula is C109H167F3. The Morgan fingerprint density at radius 3 is 0.750 bits per heavy atom. The van der Waals surface area contributed by atoms with Gasteiger partial charge in [0.25, 0.3) is 0 Å². The smallest absolute Gasteiger partial charge is 0.171 e. The summed E-state index contributed by atoms with van der Waals surface area (Å²) in [6, 6.07) is 38.3. The van der Waals surface area contributed by atoms with Crippen LogP contribution in [0.1, 0.15) is 400 Å². The standard InChI is InChI=1S/C16H26.C14H19F3.2C14H22.3C13H20.C12H18/c1-10(2)14-8-15(11(3)4)13(7)16(9-14)12(5)6;1-9-6-12(7-10(2)11(9)3)8-13(4,5)14(15,16)17;1-10-7-13(9-14(4,5)6)8-11(2)12(10)3;1-9(2)13-7-11(5)8-14(10(3)4)12(13)6;1-9-7-12(13(4,5)6)8-10(2)11(9)3;1-9(2)6-13-7-10(3)12(5)11(4)8-13;1-9(2)12-7-6-8-13(10(3)4)11(12)5;1-8(2)12-6-9(3)11(5)10(4)7-12/h8-12H,1-7H3;6-7H,8H2,1-5H3;7-8H,9H2,1-6H3;7-10H,1-6H3;7-8H,1-6H3;7-9H,6H2,1-5H3;6-10H,1-5H3;6-8H,1-5H3. The molecule has 0 atom stereocenters. The summed E-state index contributed by atoms with van der Waals surface area (Å²) in [7, 11) is 0. The molecule has 8 aromatic rings. The molecule has 8 aromatic carbocycles. The van der Waals surface area contributed by atoms with E-state index < -0.39 is 11.6 Å². The van der Waals surface area contributed by atoms with Crippen LogP contribution in [0.4, 0.5) is 13.2 Å². The van der Waals surface area contributed by atoms with Crippen LogP contribution in [0.2, 0.25) is 0 Å². The van der Waals surface area contributed by atoms with E-state index in [9.17, 15) is 13.2 Å². The molecular weight excluding hydrogens is 1370 g/mol. The van der Waals surface area contributed by atoms with Gasteiger partial charge in [-0.25, -0.2) is 0 Å². The van der Waals surface area contributed by atoms with Crippen LogP contribution in [-0.2, 0) is 24.7 Å². The number of aryl methyl sites for hydroxylation is 11. The molecule has 0 nitrogen and oxygen atoms in total. The Labute approximate surface area is 691 Å². The van der Waals surface area contributed by atoms with Crippen molar-refractivity contribution < 1.29 is 13.2 Å². The Bertz CT molecular complexity index is 4030. The Morgan fingerprint density at radius 1 is 0.259 bits per heavy atom. The van der Waals surface area contributed by atoms with Gasteiger partial charge in [0.05, 0.1) is 5.41 Å². The first kappa shape index (κ1) is 104. The predicted octanol–water partition coefficient (Wildman–Crippen LogP) is 34.6. The van der Waals surface area contributed by atoms with Crippen molar-refractivity contribution in [1.29, 1.82) is 0 Å². The van der Waals surface area contributed by atoms with E-state index in [-0.39, 0.29) is 11.8 Å². The molecule has 0 bridgehead atoms. The molecule has 624 valence electrons. The molecule has 3 heteroatoms. The van der Waals surface area contributed by atoms with E-state index in [2.05, 4.69) is 368 Å². The summed E-state index contributed by atoms with van der Waals surface area (Å²) in [5.74, 6) is 5.80. The zero-order valence-corrected chi connectivity index (χ0v) is 80.8. The second-order valence-electron chi connectivity index (χ2n) is 39.4. The fourth-order valence-corrected chi connectivity index (χ4v) is 14.6. The van der Waals surface area contributed by atoms with Crippen LogP contribution in [0.15, 0.2) is 103 Å². The molecule has 0 spiro atoms. The number of halogens is 3. The van der Waals surface area contributed by atoms with Crippen LogP contribution in [0, 0.1) is 148 Å². The van der Waals surface area contributed by atoms with Crippen molar-refractivity contribution in [2.24, 2.45) is 16.7 Å². The van der Waals surface area contributed by atoms with Crippen LogP contribution in [-0.4, -0.2) is 6.18 Å². The Hall–Kier alpha value is -6.45. The van der Waals surface area contributed by atoms with E-state index in [1.165, 1.54) is 170 Å². The molecule has 0 aliphatic carbocycles. The average molecular weight is 1530 g/mol. The zero-order valence-electron chi connectivity index (χ0n) is 80.8. The summed E-state index contributed by atoms with van der Waals surface area (Å²) in [5.41, 5.74) is 42.3. The first-order valence-electron chi connectivity index (χ1n) is 42.8. The van der Waals surface area contributed by atoms with Crippen molar-refractivity contribution in [3.8, 4) is 0 Å². The first-order valence-corrected chi connectivity index (χ1v) is 42.8. The van der Waals surface area contributed by atoms with Crippen molar-refractivity contribution in [3.05, 3.63) is 276 Å². The van der Waals surface area contributed by atoms with Crippen LogP contribution < -0.4 is 0 Å². The minimum absolute atomic E-state index is 0.0262. The van der Waals surface area contributed by atoms with Crippen molar-refractivity contribution in [3.63, 3.8) is 0 Å². The zero-order chi connectivity index (χ0) is 87.2. The minimum atomic E-state index is -4.17. The summed E-state index contributed by atoms with van der Waals surface area (Å²) < 4.78 is 38.4. The number of benzene rings is 8. The van der Waals surface area contributed by atoms with Gasteiger partial charge in [-0.3, -0.25) is 0 Å². The molecule has 0 fully saturated rings. The van der Waals surface area contributed by atoms with E-state index in [0.717, 1.165) is 34.6 Å². The monoisotopic (exact) mass is 1530 g/mol. The molecule has 0 unspecified atom stereocenters. The molecule has 0 heterocycles. The van der Waals surface area contributed by atoms with Gasteiger partial charge in [-0.05, 0) is 382 Å². The first-order chi connectivity index (χ1) is 51.0. The Kier molecular flexibility index (Phi) is 41.8. The molecule has 0 aromatic heterocycles. The molecule has 0 N–H and O–H groups in total. The third-order valence-electron chi connectivity index (χ3n) is 23.1. The normalized spacial score (nSPS) is 11.7. The third-order valence-corrected chi connectivity index (χ3v) is 23.1. The highest BCUT2D eigenvalue weighted by Gasteiger charge is 2.47. The molecule has 112 heavy (non-hydrogen) atoms. The van der Waals surface area contributed by atoms with Gasteiger partial charge < -0.3 is 0 Å². The fraction of sp³-hybridized carbons (Fsp3) is 0.560. The van der Waals surface area contributed by atoms with Gasteiger partial charge in [0.2, 0.25) is 0 Å². The van der Waals surface area contributed by atoms with E-state index >= 15 is 0 Å². The van der Waals surface area contributed by atoms with Crippen molar-refractivity contribution in [1.82, 2.24) is 0 Å². The summed E-state index contributed by atoms with van der Waals surface area (Å²) in [6.07, 6.45) is -1.78. The average Bonchev–Trinajstić information content (AvgIpc) is 0.818. The summed E-state index contributed by atoms with van der Waals surface area (Å²) in [6.45, 7) is 98.1. The topological polar surface area (TPSA) is 0 Å². The van der Waals surface area contributed by atoms with Crippen LogP contribution in [0.25, 0.3) is 0 Å². The van der Waals surface area contributed by atoms with Gasteiger partial charge in [-0.1, -0.05) is 289 Å². The van der Waals surface area contributed by atoms with Gasteiger partial charge in [0, 0.05) is 0 Å². The molecule has 0 radical (unpaired) electrons. The van der Waals surface area contributed by atoms with Crippen molar-refractivity contribution in [2.45, 2.75) is 390 Å². The van der Waals surface area contributed by atoms with Crippen molar-refractivity contribution in [2.75, 3.05) is 0 Å². The van der Waals surface area contributed by atoms with Crippen molar-refractivity contribution >= 4 is 0 Å². The maximum Gasteiger partial charge on any atom is 0.394 e. The van der Waals surface area contributed by atoms with Gasteiger partial charge in [0.15, 0.2) is 0 Å². The van der Waals surface area contributed by atoms with Crippen LogP contribution in [0.5, 0.6) is 0 Å². The third kappa shape index (κ3) is 33.4.